The van der Waals surface area contributed by atoms with Crippen LogP contribution in [0.4, 0.5) is 4.79 Å². The standard InChI is InChI=1S/C17H17N5O2/c1-21(2)17(24)22-16(18-19-20-22)11-12-7-9-13(10-8-12)14-5-3-4-6-15(14)23/h3-10,23H,11H2,1-2H3. The van der Waals surface area contributed by atoms with Gasteiger partial charge in [-0.05, 0) is 27.6 Å². The lowest BCUT2D eigenvalue weighted by Gasteiger charge is -2.10. The molecule has 1 heterocycles. The molecule has 122 valence electrons. The number of nitrogens with zero attached hydrogens (tertiary/aromatic N) is 5. The van der Waals surface area contributed by atoms with E-state index < -0.39 is 0 Å². The minimum atomic E-state index is -0.291. The van der Waals surface area contributed by atoms with Crippen LogP contribution in [0.2, 0.25) is 0 Å². The van der Waals surface area contributed by atoms with E-state index >= 15 is 0 Å². The van der Waals surface area contributed by atoms with Gasteiger partial charge in [-0.3, -0.25) is 0 Å². The number of para-hydroxylation sites is 1. The average Bonchev–Trinajstić information content (AvgIpc) is 3.03. The van der Waals surface area contributed by atoms with Crippen molar-refractivity contribution in [3.8, 4) is 16.9 Å². The second kappa shape index (κ2) is 6.49. The molecule has 2 aromatic carbocycles. The van der Waals surface area contributed by atoms with Crippen LogP contribution < -0.4 is 0 Å². The summed E-state index contributed by atoms with van der Waals surface area (Å²) < 4.78 is 1.19. The van der Waals surface area contributed by atoms with Crippen LogP contribution in [-0.2, 0) is 6.42 Å². The lowest BCUT2D eigenvalue weighted by atomic mass is 10.0. The number of aromatic nitrogens is 4. The molecule has 0 saturated carbocycles. The van der Waals surface area contributed by atoms with E-state index in [9.17, 15) is 9.90 Å². The van der Waals surface area contributed by atoms with Crippen LogP contribution in [0.1, 0.15) is 11.4 Å². The van der Waals surface area contributed by atoms with E-state index in [1.54, 1.807) is 26.2 Å². The lowest BCUT2D eigenvalue weighted by molar-refractivity contribution is 0.214. The van der Waals surface area contributed by atoms with Crippen LogP contribution in [0.5, 0.6) is 5.75 Å². The molecule has 1 aromatic heterocycles. The van der Waals surface area contributed by atoms with Crippen LogP contribution in [0, 0.1) is 0 Å². The number of hydrogen-bond acceptors (Lipinski definition) is 5. The molecule has 24 heavy (non-hydrogen) atoms. The Morgan fingerprint density at radius 3 is 2.50 bits per heavy atom. The number of amides is 1. The quantitative estimate of drug-likeness (QED) is 0.747. The van der Waals surface area contributed by atoms with Crippen LogP contribution in [-0.4, -0.2) is 50.3 Å². The molecular weight excluding hydrogens is 306 g/mol. The molecule has 7 nitrogen and oxygen atoms in total. The van der Waals surface area contributed by atoms with Gasteiger partial charge in [0.15, 0.2) is 5.82 Å². The smallest absolute Gasteiger partial charge is 0.347 e. The van der Waals surface area contributed by atoms with Crippen LogP contribution >= 0.6 is 0 Å². The van der Waals surface area contributed by atoms with Crippen molar-refractivity contribution in [2.45, 2.75) is 6.42 Å². The third-order valence-corrected chi connectivity index (χ3v) is 3.63. The largest absolute Gasteiger partial charge is 0.507 e. The van der Waals surface area contributed by atoms with E-state index in [-0.39, 0.29) is 11.8 Å². The molecule has 0 bridgehead atoms. The van der Waals surface area contributed by atoms with Gasteiger partial charge in [0.1, 0.15) is 5.75 Å². The predicted molar refractivity (Wildman–Crippen MR) is 88.6 cm³/mol. The number of carbonyl (C=O) groups excluding carboxylic acids is 1. The molecule has 0 aliphatic rings. The number of tetrazole rings is 1. The minimum Gasteiger partial charge on any atom is -0.507 e. The number of aromatic hydroxyl groups is 1. The van der Waals surface area contributed by atoms with Gasteiger partial charge in [-0.25, -0.2) is 4.79 Å². The van der Waals surface area contributed by atoms with E-state index in [0.29, 0.717) is 12.2 Å². The second-order valence-electron chi connectivity index (χ2n) is 5.57. The maximum atomic E-state index is 12.0. The Morgan fingerprint density at radius 1 is 1.12 bits per heavy atom. The molecule has 7 heteroatoms. The van der Waals surface area contributed by atoms with Crippen molar-refractivity contribution >= 4 is 6.03 Å². The summed E-state index contributed by atoms with van der Waals surface area (Å²) in [6.07, 6.45) is 0.438. The molecule has 0 unspecified atom stereocenters. The van der Waals surface area contributed by atoms with E-state index in [1.807, 2.05) is 36.4 Å². The molecule has 0 saturated heterocycles. The van der Waals surface area contributed by atoms with E-state index in [1.165, 1.54) is 9.58 Å². The molecule has 3 aromatic rings. The summed E-state index contributed by atoms with van der Waals surface area (Å²) in [6.45, 7) is 0. The van der Waals surface area contributed by atoms with Gasteiger partial charge >= 0.3 is 6.03 Å². The molecule has 1 amide bonds. The Hall–Kier alpha value is -3.22. The summed E-state index contributed by atoms with van der Waals surface area (Å²) in [5.74, 6) is 0.717. The second-order valence-corrected chi connectivity index (χ2v) is 5.57. The number of hydrogen-bond donors (Lipinski definition) is 1. The molecule has 0 fully saturated rings. The highest BCUT2D eigenvalue weighted by Crippen LogP contribution is 2.28. The highest BCUT2D eigenvalue weighted by molar-refractivity contribution is 5.75. The number of phenolic OH excluding ortho intramolecular Hbond substituents is 1. The molecule has 0 radical (unpaired) electrons. The highest BCUT2D eigenvalue weighted by Gasteiger charge is 2.15. The van der Waals surface area contributed by atoms with Gasteiger partial charge in [0, 0.05) is 26.1 Å². The monoisotopic (exact) mass is 323 g/mol. The van der Waals surface area contributed by atoms with Crippen molar-refractivity contribution in [1.82, 2.24) is 25.1 Å². The number of phenols is 1. The van der Waals surface area contributed by atoms with Crippen LogP contribution in [0.3, 0.4) is 0 Å². The molecule has 0 aliphatic carbocycles. The Morgan fingerprint density at radius 2 is 1.83 bits per heavy atom. The van der Waals surface area contributed by atoms with Crippen molar-refractivity contribution in [3.63, 3.8) is 0 Å². The van der Waals surface area contributed by atoms with Gasteiger partial charge in [0.05, 0.1) is 0 Å². The van der Waals surface area contributed by atoms with E-state index in [4.69, 9.17) is 0 Å². The first kappa shape index (κ1) is 15.7. The van der Waals surface area contributed by atoms with Gasteiger partial charge in [0.2, 0.25) is 0 Å². The average molecular weight is 323 g/mol. The van der Waals surface area contributed by atoms with Crippen molar-refractivity contribution in [2.75, 3.05) is 14.1 Å². The maximum Gasteiger partial charge on any atom is 0.347 e. The fraction of sp³-hybridized carbons (Fsp3) is 0.176. The topological polar surface area (TPSA) is 84.1 Å². The van der Waals surface area contributed by atoms with Gasteiger partial charge in [-0.1, -0.05) is 42.5 Å². The zero-order valence-electron chi connectivity index (χ0n) is 13.4. The predicted octanol–water partition coefficient (Wildman–Crippen LogP) is 2.17. The van der Waals surface area contributed by atoms with E-state index in [2.05, 4.69) is 15.5 Å². The molecule has 0 spiro atoms. The van der Waals surface area contributed by atoms with Gasteiger partial charge in [-0.15, -0.1) is 9.78 Å². The summed E-state index contributed by atoms with van der Waals surface area (Å²) >= 11 is 0. The Bertz CT molecular complexity index is 855. The Labute approximate surface area is 139 Å². The first-order chi connectivity index (χ1) is 11.6. The maximum absolute atomic E-state index is 12.0. The third kappa shape index (κ3) is 3.10. The van der Waals surface area contributed by atoms with Crippen LogP contribution in [0.15, 0.2) is 48.5 Å². The van der Waals surface area contributed by atoms with Crippen molar-refractivity contribution < 1.29 is 9.90 Å². The summed E-state index contributed by atoms with van der Waals surface area (Å²) in [7, 11) is 3.30. The SMILES string of the molecule is CN(C)C(=O)n1nnnc1Cc1ccc(-c2ccccc2O)cc1. The van der Waals surface area contributed by atoms with Gasteiger partial charge in [-0.2, -0.15) is 0 Å². The molecule has 1 N–H and O–H groups in total. The van der Waals surface area contributed by atoms with Gasteiger partial charge in [0.25, 0.3) is 0 Å². The zero-order valence-corrected chi connectivity index (χ0v) is 13.4. The summed E-state index contributed by atoms with van der Waals surface area (Å²) in [4.78, 5) is 13.4. The number of carbonyl (C=O) groups is 1. The molecule has 0 aliphatic heterocycles. The van der Waals surface area contributed by atoms with Crippen molar-refractivity contribution in [3.05, 3.63) is 59.9 Å². The highest BCUT2D eigenvalue weighted by atomic mass is 16.3. The molecule has 3 rings (SSSR count). The fourth-order valence-electron chi connectivity index (χ4n) is 2.36. The fourth-order valence-corrected chi connectivity index (χ4v) is 2.36. The van der Waals surface area contributed by atoms with Gasteiger partial charge < -0.3 is 10.0 Å². The molecule has 0 atom stereocenters. The third-order valence-electron chi connectivity index (χ3n) is 3.63. The zero-order chi connectivity index (χ0) is 17.1. The minimum absolute atomic E-state index is 0.241. The first-order valence-corrected chi connectivity index (χ1v) is 7.42. The Kier molecular flexibility index (Phi) is 4.24. The molecular formula is C17H17N5O2. The first-order valence-electron chi connectivity index (χ1n) is 7.42. The van der Waals surface area contributed by atoms with Crippen LogP contribution in [0.25, 0.3) is 11.1 Å². The van der Waals surface area contributed by atoms with E-state index in [0.717, 1.165) is 16.7 Å². The Balaban J connectivity index is 1.82. The lowest BCUT2D eigenvalue weighted by Crippen LogP contribution is -2.29. The van der Waals surface area contributed by atoms with Crippen molar-refractivity contribution in [1.29, 1.82) is 0 Å². The number of rotatable bonds is 3. The van der Waals surface area contributed by atoms with Crippen molar-refractivity contribution in [2.24, 2.45) is 0 Å². The summed E-state index contributed by atoms with van der Waals surface area (Å²) in [5, 5.41) is 21.2. The summed E-state index contributed by atoms with van der Waals surface area (Å²) in [5.41, 5.74) is 2.66. The normalized spacial score (nSPS) is 10.6. The number of benzene rings is 2. The summed E-state index contributed by atoms with van der Waals surface area (Å²) in [6, 6.07) is 14.6.